The Morgan fingerprint density at radius 1 is 0.833 bits per heavy atom. The summed E-state index contributed by atoms with van der Waals surface area (Å²) in [7, 11) is 0. The fraction of sp³-hybridized carbons (Fsp3) is 0.267. The van der Waals surface area contributed by atoms with Crippen LogP contribution in [0.1, 0.15) is 56.2 Å². The van der Waals surface area contributed by atoms with Crippen LogP contribution in [0.25, 0.3) is 16.7 Å². The van der Waals surface area contributed by atoms with Gasteiger partial charge in [0.2, 0.25) is 0 Å². The van der Waals surface area contributed by atoms with Gasteiger partial charge < -0.3 is 0 Å². The summed E-state index contributed by atoms with van der Waals surface area (Å²) >= 11 is 0. The van der Waals surface area contributed by atoms with Crippen LogP contribution in [0, 0.1) is 6.92 Å². The molecule has 3 rings (SSSR count). The maximum atomic E-state index is 4.39. The van der Waals surface area contributed by atoms with Crippen LogP contribution >= 0.6 is 0 Å². The number of hydrogen-bond acceptors (Lipinski definition) is 0. The van der Waals surface area contributed by atoms with Crippen molar-refractivity contribution in [3.63, 3.8) is 0 Å². The SMILES string of the molecule is C=C(CCCc1ccccc1)C/C(CC)=C(\C)c1cccc(-c2ccc(C)cc2)c1. The topological polar surface area (TPSA) is 0 Å². The molecular formula is C30H34. The Morgan fingerprint density at radius 2 is 1.57 bits per heavy atom. The third-order valence-electron chi connectivity index (χ3n) is 5.94. The van der Waals surface area contributed by atoms with Gasteiger partial charge in [-0.1, -0.05) is 103 Å². The molecule has 3 aromatic carbocycles. The molecule has 0 fully saturated rings. The maximum Gasteiger partial charge on any atom is -0.0105 e. The molecule has 0 N–H and O–H groups in total. The molecule has 0 saturated heterocycles. The van der Waals surface area contributed by atoms with E-state index < -0.39 is 0 Å². The first-order valence-electron chi connectivity index (χ1n) is 11.1. The molecule has 0 aliphatic rings. The summed E-state index contributed by atoms with van der Waals surface area (Å²) < 4.78 is 0. The zero-order valence-electron chi connectivity index (χ0n) is 18.7. The van der Waals surface area contributed by atoms with Gasteiger partial charge in [-0.25, -0.2) is 0 Å². The molecule has 0 aliphatic carbocycles. The van der Waals surface area contributed by atoms with E-state index in [0.29, 0.717) is 0 Å². The van der Waals surface area contributed by atoms with Crippen molar-refractivity contribution < 1.29 is 0 Å². The molecule has 3 aromatic rings. The van der Waals surface area contributed by atoms with Gasteiger partial charge in [0.05, 0.1) is 0 Å². The highest BCUT2D eigenvalue weighted by atomic mass is 14.1. The van der Waals surface area contributed by atoms with Crippen molar-refractivity contribution in [2.24, 2.45) is 0 Å². The molecule has 0 heterocycles. The van der Waals surface area contributed by atoms with Crippen LogP contribution < -0.4 is 0 Å². The molecular weight excluding hydrogens is 360 g/mol. The fourth-order valence-corrected chi connectivity index (χ4v) is 3.98. The summed E-state index contributed by atoms with van der Waals surface area (Å²) in [5.74, 6) is 0. The zero-order valence-corrected chi connectivity index (χ0v) is 18.7. The molecule has 0 radical (unpaired) electrons. The van der Waals surface area contributed by atoms with Crippen molar-refractivity contribution in [2.75, 3.05) is 0 Å². The molecule has 0 heteroatoms. The molecule has 154 valence electrons. The molecule has 0 aliphatic heterocycles. The normalized spacial score (nSPS) is 11.8. The summed E-state index contributed by atoms with van der Waals surface area (Å²) in [4.78, 5) is 0. The Morgan fingerprint density at radius 3 is 2.27 bits per heavy atom. The van der Waals surface area contributed by atoms with Gasteiger partial charge in [-0.2, -0.15) is 0 Å². The highest BCUT2D eigenvalue weighted by Crippen LogP contribution is 2.29. The highest BCUT2D eigenvalue weighted by molar-refractivity contribution is 5.73. The second kappa shape index (κ2) is 10.8. The summed E-state index contributed by atoms with van der Waals surface area (Å²) in [5.41, 5.74) is 10.8. The molecule has 30 heavy (non-hydrogen) atoms. The van der Waals surface area contributed by atoms with Crippen LogP contribution in [0.15, 0.2) is 96.6 Å². The summed E-state index contributed by atoms with van der Waals surface area (Å²) in [6.45, 7) is 11.1. The molecule has 0 aromatic heterocycles. The van der Waals surface area contributed by atoms with E-state index >= 15 is 0 Å². The maximum absolute atomic E-state index is 4.39. The average Bonchev–Trinajstić information content (AvgIpc) is 2.78. The first kappa shape index (κ1) is 21.8. The van der Waals surface area contributed by atoms with Crippen molar-refractivity contribution in [3.8, 4) is 11.1 Å². The van der Waals surface area contributed by atoms with Gasteiger partial charge in [0.25, 0.3) is 0 Å². The van der Waals surface area contributed by atoms with E-state index in [1.807, 2.05) is 0 Å². The Kier molecular flexibility index (Phi) is 7.85. The Hall–Kier alpha value is -2.86. The second-order valence-corrected chi connectivity index (χ2v) is 8.29. The minimum atomic E-state index is 1.01. The lowest BCUT2D eigenvalue weighted by molar-refractivity contribution is 0.788. The van der Waals surface area contributed by atoms with E-state index in [2.05, 4.69) is 106 Å². The van der Waals surface area contributed by atoms with E-state index in [0.717, 1.165) is 25.7 Å². The van der Waals surface area contributed by atoms with Crippen LogP contribution in [0.3, 0.4) is 0 Å². The monoisotopic (exact) mass is 394 g/mol. The van der Waals surface area contributed by atoms with Crippen LogP contribution in [0.5, 0.6) is 0 Å². The van der Waals surface area contributed by atoms with Crippen LogP contribution in [-0.4, -0.2) is 0 Å². The Balaban J connectivity index is 1.68. The van der Waals surface area contributed by atoms with Crippen molar-refractivity contribution in [3.05, 3.63) is 113 Å². The predicted octanol–water partition coefficient (Wildman–Crippen LogP) is 8.81. The fourth-order valence-electron chi connectivity index (χ4n) is 3.98. The third-order valence-corrected chi connectivity index (χ3v) is 5.94. The number of benzene rings is 3. The molecule has 0 amide bonds. The van der Waals surface area contributed by atoms with Gasteiger partial charge >= 0.3 is 0 Å². The summed E-state index contributed by atoms with van der Waals surface area (Å²) in [5, 5.41) is 0. The Labute approximate surface area is 183 Å². The lowest BCUT2D eigenvalue weighted by Crippen LogP contribution is -1.94. The van der Waals surface area contributed by atoms with Gasteiger partial charge in [0.1, 0.15) is 0 Å². The van der Waals surface area contributed by atoms with Gasteiger partial charge in [-0.05, 0) is 79.8 Å². The quantitative estimate of drug-likeness (QED) is 0.318. The number of hydrogen-bond donors (Lipinski definition) is 0. The largest absolute Gasteiger partial charge is 0.0995 e. The smallest absolute Gasteiger partial charge is 0.0105 e. The molecule has 0 saturated carbocycles. The standard InChI is InChI=1S/C30H34/c1-5-27(21-24(3)11-9-14-26-12-7-6-8-13-26)25(4)29-15-10-16-30(22-29)28-19-17-23(2)18-20-28/h6-8,10,12-13,15-20,22H,3,5,9,11,14,21H2,1-2,4H3/b27-25+. The van der Waals surface area contributed by atoms with Gasteiger partial charge in [-0.15, -0.1) is 0 Å². The van der Waals surface area contributed by atoms with Crippen molar-refractivity contribution >= 4 is 5.57 Å². The predicted molar refractivity (Wildman–Crippen MR) is 133 cm³/mol. The van der Waals surface area contributed by atoms with E-state index in [1.54, 1.807) is 0 Å². The van der Waals surface area contributed by atoms with E-state index in [9.17, 15) is 0 Å². The van der Waals surface area contributed by atoms with E-state index in [1.165, 1.54) is 51.0 Å². The third kappa shape index (κ3) is 6.07. The van der Waals surface area contributed by atoms with Crippen LogP contribution in [0.2, 0.25) is 0 Å². The molecule has 0 bridgehead atoms. The lowest BCUT2D eigenvalue weighted by Gasteiger charge is -2.14. The molecule has 0 nitrogen and oxygen atoms in total. The first-order chi connectivity index (χ1) is 14.6. The van der Waals surface area contributed by atoms with Gasteiger partial charge in [0.15, 0.2) is 0 Å². The zero-order chi connectivity index (χ0) is 21.3. The van der Waals surface area contributed by atoms with Crippen molar-refractivity contribution in [2.45, 2.75) is 52.9 Å². The van der Waals surface area contributed by atoms with Gasteiger partial charge in [-0.3, -0.25) is 0 Å². The lowest BCUT2D eigenvalue weighted by atomic mass is 9.91. The number of rotatable bonds is 9. The van der Waals surface area contributed by atoms with E-state index in [4.69, 9.17) is 0 Å². The first-order valence-corrected chi connectivity index (χ1v) is 11.1. The van der Waals surface area contributed by atoms with Crippen molar-refractivity contribution in [1.29, 1.82) is 0 Å². The van der Waals surface area contributed by atoms with Crippen LogP contribution in [0.4, 0.5) is 0 Å². The highest BCUT2D eigenvalue weighted by Gasteiger charge is 2.08. The minimum absolute atomic E-state index is 1.01. The summed E-state index contributed by atoms with van der Waals surface area (Å²) in [6.07, 6.45) is 5.46. The van der Waals surface area contributed by atoms with Crippen molar-refractivity contribution in [1.82, 2.24) is 0 Å². The number of aryl methyl sites for hydroxylation is 2. The molecule has 0 atom stereocenters. The van der Waals surface area contributed by atoms with Crippen LogP contribution in [-0.2, 0) is 6.42 Å². The Bertz CT molecular complexity index is 988. The van der Waals surface area contributed by atoms with Gasteiger partial charge in [0, 0.05) is 0 Å². The minimum Gasteiger partial charge on any atom is -0.0995 e. The average molecular weight is 395 g/mol. The second-order valence-electron chi connectivity index (χ2n) is 8.29. The molecule has 0 unspecified atom stereocenters. The van der Waals surface area contributed by atoms with E-state index in [-0.39, 0.29) is 0 Å². The molecule has 0 spiro atoms. The summed E-state index contributed by atoms with van der Waals surface area (Å²) in [6, 6.07) is 28.5. The number of allylic oxidation sites excluding steroid dienone is 3.